The summed E-state index contributed by atoms with van der Waals surface area (Å²) in [6, 6.07) is 0.690. The first kappa shape index (κ1) is 15.8. The van der Waals surface area contributed by atoms with Crippen LogP contribution < -0.4 is 10.6 Å². The van der Waals surface area contributed by atoms with Crippen molar-refractivity contribution in [2.75, 3.05) is 11.4 Å². The molecule has 2 N–H and O–H groups in total. The van der Waals surface area contributed by atoms with Crippen molar-refractivity contribution in [3.8, 4) is 0 Å². The summed E-state index contributed by atoms with van der Waals surface area (Å²) in [7, 11) is 0. The summed E-state index contributed by atoms with van der Waals surface area (Å²) in [6.45, 7) is 8.57. The monoisotopic (exact) mass is 295 g/mol. The van der Waals surface area contributed by atoms with Gasteiger partial charge in [0.2, 0.25) is 0 Å². The molecule has 1 aliphatic rings. The number of thiazole rings is 1. The maximum Gasteiger partial charge on any atom is 0.186 e. The Kier molecular flexibility index (Phi) is 5.85. The zero-order valence-electron chi connectivity index (χ0n) is 13.2. The van der Waals surface area contributed by atoms with Gasteiger partial charge in [0.15, 0.2) is 5.13 Å². The maximum atomic E-state index is 5.93. The van der Waals surface area contributed by atoms with Crippen LogP contribution in [0.1, 0.15) is 75.8 Å². The third-order valence-electron chi connectivity index (χ3n) is 4.48. The minimum absolute atomic E-state index is 0.521. The van der Waals surface area contributed by atoms with E-state index in [0.717, 1.165) is 6.42 Å². The van der Waals surface area contributed by atoms with Gasteiger partial charge in [0.25, 0.3) is 0 Å². The van der Waals surface area contributed by atoms with Gasteiger partial charge in [0.1, 0.15) is 0 Å². The van der Waals surface area contributed by atoms with E-state index in [4.69, 9.17) is 10.7 Å². The Morgan fingerprint density at radius 3 is 2.85 bits per heavy atom. The van der Waals surface area contributed by atoms with E-state index >= 15 is 0 Å². The molecule has 2 heterocycles. The Hall–Kier alpha value is -0.610. The molecule has 1 fully saturated rings. The largest absolute Gasteiger partial charge is 0.345 e. The average molecular weight is 295 g/mol. The van der Waals surface area contributed by atoms with Crippen molar-refractivity contribution in [2.24, 2.45) is 5.73 Å². The van der Waals surface area contributed by atoms with Gasteiger partial charge in [-0.3, -0.25) is 0 Å². The molecule has 1 aromatic rings. The van der Waals surface area contributed by atoms with E-state index in [1.54, 1.807) is 0 Å². The van der Waals surface area contributed by atoms with E-state index < -0.39 is 0 Å². The average Bonchev–Trinajstić information content (AvgIpc) is 2.91. The van der Waals surface area contributed by atoms with Crippen molar-refractivity contribution in [1.82, 2.24) is 4.98 Å². The van der Waals surface area contributed by atoms with Crippen molar-refractivity contribution in [1.29, 1.82) is 0 Å². The van der Waals surface area contributed by atoms with Gasteiger partial charge in [-0.15, -0.1) is 11.3 Å². The molecule has 0 spiro atoms. The molecule has 1 aromatic heterocycles. The second-order valence-electron chi connectivity index (χ2n) is 5.95. The van der Waals surface area contributed by atoms with Crippen LogP contribution >= 0.6 is 11.3 Å². The Balaban J connectivity index is 2.24. The Labute approximate surface area is 127 Å². The molecule has 20 heavy (non-hydrogen) atoms. The highest BCUT2D eigenvalue weighted by atomic mass is 32.1. The van der Waals surface area contributed by atoms with Gasteiger partial charge >= 0.3 is 0 Å². The van der Waals surface area contributed by atoms with Crippen LogP contribution in [-0.4, -0.2) is 17.6 Å². The van der Waals surface area contributed by atoms with Crippen LogP contribution in [0.4, 0.5) is 5.13 Å². The van der Waals surface area contributed by atoms with Crippen LogP contribution in [-0.2, 0) is 6.54 Å². The second-order valence-corrected chi connectivity index (χ2v) is 7.01. The first-order valence-electron chi connectivity index (χ1n) is 8.17. The van der Waals surface area contributed by atoms with Gasteiger partial charge in [-0.2, -0.15) is 0 Å². The fourth-order valence-electron chi connectivity index (χ4n) is 3.08. The number of nitrogens with zero attached hydrogens (tertiary/aromatic N) is 2. The van der Waals surface area contributed by atoms with Gasteiger partial charge < -0.3 is 10.6 Å². The first-order chi connectivity index (χ1) is 9.71. The molecular formula is C16H29N3S. The fraction of sp³-hybridized carbons (Fsp3) is 0.812. The molecule has 0 aromatic carbocycles. The second kappa shape index (κ2) is 7.41. The van der Waals surface area contributed by atoms with Crippen molar-refractivity contribution in [2.45, 2.75) is 77.8 Å². The summed E-state index contributed by atoms with van der Waals surface area (Å²) in [5.74, 6) is 0.521. The predicted molar refractivity (Wildman–Crippen MR) is 88.6 cm³/mol. The lowest BCUT2D eigenvalue weighted by Gasteiger charge is -2.35. The summed E-state index contributed by atoms with van der Waals surface area (Å²) >= 11 is 1.83. The Morgan fingerprint density at radius 2 is 2.20 bits per heavy atom. The van der Waals surface area contributed by atoms with Gasteiger partial charge in [0.05, 0.1) is 5.69 Å². The molecule has 0 saturated carbocycles. The van der Waals surface area contributed by atoms with Crippen LogP contribution in [0.5, 0.6) is 0 Å². The van der Waals surface area contributed by atoms with Gasteiger partial charge in [0, 0.05) is 24.0 Å². The minimum atomic E-state index is 0.521. The third-order valence-corrected chi connectivity index (χ3v) is 5.61. The number of piperidine rings is 1. The van der Waals surface area contributed by atoms with Crippen LogP contribution in [0, 0.1) is 0 Å². The van der Waals surface area contributed by atoms with Crippen LogP contribution in [0.3, 0.4) is 0 Å². The van der Waals surface area contributed by atoms with Crippen molar-refractivity contribution in [3.63, 3.8) is 0 Å². The van der Waals surface area contributed by atoms with Crippen molar-refractivity contribution < 1.29 is 0 Å². The van der Waals surface area contributed by atoms with E-state index in [-0.39, 0.29) is 0 Å². The molecule has 0 amide bonds. The van der Waals surface area contributed by atoms with E-state index in [2.05, 4.69) is 25.7 Å². The van der Waals surface area contributed by atoms with E-state index in [1.807, 2.05) is 11.3 Å². The zero-order valence-corrected chi connectivity index (χ0v) is 14.0. The number of anilines is 1. The molecule has 0 aliphatic carbocycles. The molecule has 114 valence electrons. The summed E-state index contributed by atoms with van der Waals surface area (Å²) < 4.78 is 0. The molecule has 3 nitrogen and oxygen atoms in total. The standard InChI is InChI=1S/C16H29N3S/c1-4-8-13-9-6-7-10-19(13)16-18-15(12(3)5-2)14(11-17)20-16/h12-13H,4-11,17H2,1-3H3. The molecular weight excluding hydrogens is 266 g/mol. The number of nitrogens with two attached hydrogens (primary N) is 1. The summed E-state index contributed by atoms with van der Waals surface area (Å²) in [4.78, 5) is 8.82. The summed E-state index contributed by atoms with van der Waals surface area (Å²) in [5.41, 5.74) is 7.18. The summed E-state index contributed by atoms with van der Waals surface area (Å²) in [6.07, 6.45) is 7.67. The van der Waals surface area contributed by atoms with Crippen molar-refractivity contribution >= 4 is 16.5 Å². The third kappa shape index (κ3) is 3.34. The number of hydrogen-bond donors (Lipinski definition) is 1. The molecule has 2 unspecified atom stereocenters. The SMILES string of the molecule is CCCC1CCCCN1c1nc(C(C)CC)c(CN)s1. The molecule has 4 heteroatoms. The lowest BCUT2D eigenvalue weighted by Crippen LogP contribution is -2.39. The Morgan fingerprint density at radius 1 is 1.40 bits per heavy atom. The highest BCUT2D eigenvalue weighted by molar-refractivity contribution is 7.15. The molecule has 0 radical (unpaired) electrons. The van der Waals surface area contributed by atoms with E-state index in [1.165, 1.54) is 54.4 Å². The number of hydrogen-bond acceptors (Lipinski definition) is 4. The van der Waals surface area contributed by atoms with Crippen LogP contribution in [0.25, 0.3) is 0 Å². The molecule has 1 aliphatic heterocycles. The number of rotatable bonds is 6. The smallest absolute Gasteiger partial charge is 0.186 e. The van der Waals surface area contributed by atoms with Crippen LogP contribution in [0.15, 0.2) is 0 Å². The van der Waals surface area contributed by atoms with E-state index in [0.29, 0.717) is 18.5 Å². The topological polar surface area (TPSA) is 42.2 Å². The van der Waals surface area contributed by atoms with Crippen LogP contribution in [0.2, 0.25) is 0 Å². The van der Waals surface area contributed by atoms with Crippen molar-refractivity contribution in [3.05, 3.63) is 10.6 Å². The molecule has 0 bridgehead atoms. The van der Waals surface area contributed by atoms with E-state index in [9.17, 15) is 0 Å². The summed E-state index contributed by atoms with van der Waals surface area (Å²) in [5, 5.41) is 1.22. The highest BCUT2D eigenvalue weighted by Crippen LogP contribution is 2.35. The minimum Gasteiger partial charge on any atom is -0.345 e. The quantitative estimate of drug-likeness (QED) is 0.852. The fourth-order valence-corrected chi connectivity index (χ4v) is 4.24. The predicted octanol–water partition coefficient (Wildman–Crippen LogP) is 4.27. The molecule has 2 rings (SSSR count). The molecule has 1 saturated heterocycles. The zero-order chi connectivity index (χ0) is 14.5. The molecule has 2 atom stereocenters. The lowest BCUT2D eigenvalue weighted by molar-refractivity contribution is 0.434. The maximum absolute atomic E-state index is 5.93. The van der Waals surface area contributed by atoms with Gasteiger partial charge in [-0.05, 0) is 38.0 Å². The lowest BCUT2D eigenvalue weighted by atomic mass is 9.99. The number of aromatic nitrogens is 1. The highest BCUT2D eigenvalue weighted by Gasteiger charge is 2.26. The van der Waals surface area contributed by atoms with Gasteiger partial charge in [-0.25, -0.2) is 4.98 Å². The first-order valence-corrected chi connectivity index (χ1v) is 8.99. The Bertz CT molecular complexity index is 414. The normalized spacial score (nSPS) is 21.2. The van der Waals surface area contributed by atoms with Gasteiger partial charge in [-0.1, -0.05) is 27.2 Å².